The molecule has 0 radical (unpaired) electrons. The topological polar surface area (TPSA) is 89.3 Å². The monoisotopic (exact) mass is 481 g/mol. The number of aromatic nitrogens is 3. The zero-order valence-electron chi connectivity index (χ0n) is 20.0. The number of carbonyl (C=O) groups excluding carboxylic acids is 2. The number of hydrogen-bond acceptors (Lipinski definition) is 7. The summed E-state index contributed by atoms with van der Waals surface area (Å²) in [5.74, 6) is 0.524. The molecular formula is C25H31N5O3S. The maximum atomic E-state index is 12.6. The molecule has 34 heavy (non-hydrogen) atoms. The summed E-state index contributed by atoms with van der Waals surface area (Å²) in [5.41, 5.74) is 2.20. The first-order valence-electron chi connectivity index (χ1n) is 11.3. The van der Waals surface area contributed by atoms with Gasteiger partial charge in [0, 0.05) is 5.69 Å². The van der Waals surface area contributed by atoms with E-state index in [2.05, 4.69) is 44.0 Å². The Hall–Kier alpha value is -3.17. The Morgan fingerprint density at radius 2 is 1.76 bits per heavy atom. The van der Waals surface area contributed by atoms with Crippen LogP contribution in [-0.4, -0.2) is 58.0 Å². The minimum atomic E-state index is -0.382. The van der Waals surface area contributed by atoms with Crippen LogP contribution in [0.15, 0.2) is 59.8 Å². The lowest BCUT2D eigenvalue weighted by Crippen LogP contribution is -2.23. The van der Waals surface area contributed by atoms with Crippen molar-refractivity contribution in [3.05, 3.63) is 71.5 Å². The van der Waals surface area contributed by atoms with Crippen molar-refractivity contribution in [2.24, 2.45) is 0 Å². The molecule has 1 N–H and O–H groups in total. The molecule has 0 aliphatic heterocycles. The highest BCUT2D eigenvalue weighted by molar-refractivity contribution is 7.99. The van der Waals surface area contributed by atoms with Gasteiger partial charge in [0.05, 0.1) is 30.5 Å². The van der Waals surface area contributed by atoms with Crippen LogP contribution >= 0.6 is 11.8 Å². The molecule has 0 saturated heterocycles. The number of thioether (sulfide) groups is 1. The average Bonchev–Trinajstić information content (AvgIpc) is 3.21. The smallest absolute Gasteiger partial charge is 0.338 e. The summed E-state index contributed by atoms with van der Waals surface area (Å²) in [6, 6.07) is 16.9. The SMILES string of the molecule is CCOC(=O)c1ccc(NC(=O)CSc2nnc(C(CC)N(C)C)n2Cc2ccccc2)cc1. The highest BCUT2D eigenvalue weighted by atomic mass is 32.2. The third-order valence-electron chi connectivity index (χ3n) is 5.25. The average molecular weight is 482 g/mol. The van der Waals surface area contributed by atoms with Gasteiger partial charge in [-0.25, -0.2) is 4.79 Å². The Morgan fingerprint density at radius 3 is 2.38 bits per heavy atom. The van der Waals surface area contributed by atoms with Gasteiger partial charge in [0.15, 0.2) is 11.0 Å². The van der Waals surface area contributed by atoms with Crippen LogP contribution in [0.1, 0.15) is 48.1 Å². The molecule has 3 aromatic rings. The lowest BCUT2D eigenvalue weighted by Gasteiger charge is -2.23. The van der Waals surface area contributed by atoms with Crippen molar-refractivity contribution in [1.82, 2.24) is 19.7 Å². The number of amides is 1. The van der Waals surface area contributed by atoms with Crippen LogP contribution in [0.4, 0.5) is 5.69 Å². The predicted molar refractivity (Wildman–Crippen MR) is 134 cm³/mol. The van der Waals surface area contributed by atoms with E-state index in [1.54, 1.807) is 31.2 Å². The number of anilines is 1. The van der Waals surface area contributed by atoms with Crippen molar-refractivity contribution in [1.29, 1.82) is 0 Å². The van der Waals surface area contributed by atoms with Gasteiger partial charge in [-0.15, -0.1) is 10.2 Å². The first-order valence-corrected chi connectivity index (χ1v) is 12.2. The van der Waals surface area contributed by atoms with Crippen LogP contribution < -0.4 is 5.32 Å². The fraction of sp³-hybridized carbons (Fsp3) is 0.360. The van der Waals surface area contributed by atoms with Crippen LogP contribution in [0.5, 0.6) is 0 Å². The molecule has 9 heteroatoms. The van der Waals surface area contributed by atoms with E-state index in [1.165, 1.54) is 11.8 Å². The lowest BCUT2D eigenvalue weighted by molar-refractivity contribution is -0.113. The van der Waals surface area contributed by atoms with Crippen molar-refractivity contribution in [2.45, 2.75) is 38.0 Å². The first-order chi connectivity index (χ1) is 16.4. The van der Waals surface area contributed by atoms with Gasteiger partial charge in [-0.1, -0.05) is 49.0 Å². The molecule has 1 atom stereocenters. The molecule has 0 fully saturated rings. The second-order valence-corrected chi connectivity index (χ2v) is 8.88. The molecule has 2 aromatic carbocycles. The Morgan fingerprint density at radius 1 is 1.06 bits per heavy atom. The highest BCUT2D eigenvalue weighted by Crippen LogP contribution is 2.26. The van der Waals surface area contributed by atoms with E-state index in [0.717, 1.165) is 17.8 Å². The van der Waals surface area contributed by atoms with Gasteiger partial charge in [0.1, 0.15) is 0 Å². The summed E-state index contributed by atoms with van der Waals surface area (Å²) in [7, 11) is 4.06. The maximum Gasteiger partial charge on any atom is 0.338 e. The third-order valence-corrected chi connectivity index (χ3v) is 6.22. The highest BCUT2D eigenvalue weighted by Gasteiger charge is 2.22. The zero-order chi connectivity index (χ0) is 24.5. The summed E-state index contributed by atoms with van der Waals surface area (Å²) in [6.45, 7) is 4.84. The van der Waals surface area contributed by atoms with Crippen LogP contribution in [0.25, 0.3) is 0 Å². The molecular weight excluding hydrogens is 450 g/mol. The van der Waals surface area contributed by atoms with Gasteiger partial charge >= 0.3 is 5.97 Å². The number of hydrogen-bond donors (Lipinski definition) is 1. The number of benzene rings is 2. The van der Waals surface area contributed by atoms with Crippen LogP contribution in [0.3, 0.4) is 0 Å². The van der Waals surface area contributed by atoms with E-state index in [9.17, 15) is 9.59 Å². The lowest BCUT2D eigenvalue weighted by atomic mass is 10.2. The molecule has 0 bridgehead atoms. The normalized spacial score (nSPS) is 11.9. The summed E-state index contributed by atoms with van der Waals surface area (Å²) >= 11 is 1.35. The second kappa shape index (κ2) is 12.3. The Balaban J connectivity index is 1.70. The molecule has 1 heterocycles. The molecule has 180 valence electrons. The molecule has 8 nitrogen and oxygen atoms in total. The van der Waals surface area contributed by atoms with E-state index in [1.807, 2.05) is 32.3 Å². The Labute approximate surface area is 204 Å². The van der Waals surface area contributed by atoms with E-state index in [4.69, 9.17) is 4.74 Å². The minimum absolute atomic E-state index is 0.123. The zero-order valence-corrected chi connectivity index (χ0v) is 20.8. The van der Waals surface area contributed by atoms with Crippen molar-refractivity contribution in [2.75, 3.05) is 31.8 Å². The number of esters is 1. The molecule has 1 unspecified atom stereocenters. The van der Waals surface area contributed by atoms with Gasteiger partial charge in [0.25, 0.3) is 0 Å². The van der Waals surface area contributed by atoms with Gasteiger partial charge in [0.2, 0.25) is 5.91 Å². The first kappa shape index (κ1) is 25.5. The number of nitrogens with one attached hydrogen (secondary N) is 1. The number of nitrogens with zero attached hydrogens (tertiary/aromatic N) is 4. The number of carbonyl (C=O) groups is 2. The quantitative estimate of drug-likeness (QED) is 0.323. The van der Waals surface area contributed by atoms with Gasteiger partial charge in [-0.2, -0.15) is 0 Å². The molecule has 3 rings (SSSR count). The number of rotatable bonds is 11. The minimum Gasteiger partial charge on any atom is -0.462 e. The fourth-order valence-electron chi connectivity index (χ4n) is 3.58. The van der Waals surface area contributed by atoms with E-state index in [-0.39, 0.29) is 23.7 Å². The van der Waals surface area contributed by atoms with Crippen molar-refractivity contribution in [3.63, 3.8) is 0 Å². The van der Waals surface area contributed by atoms with Gasteiger partial charge < -0.3 is 14.6 Å². The van der Waals surface area contributed by atoms with Crippen molar-refractivity contribution < 1.29 is 14.3 Å². The van der Waals surface area contributed by atoms with E-state index in [0.29, 0.717) is 29.6 Å². The standard InChI is InChI=1S/C25H31N5O3S/c1-5-21(29(3)4)23-27-28-25(30(23)16-18-10-8-7-9-11-18)34-17-22(31)26-20-14-12-19(13-15-20)24(32)33-6-2/h7-15,21H,5-6,16-17H2,1-4H3,(H,26,31). The molecule has 0 saturated carbocycles. The van der Waals surface area contributed by atoms with Crippen LogP contribution in [0.2, 0.25) is 0 Å². The maximum absolute atomic E-state index is 12.6. The molecule has 0 spiro atoms. The summed E-state index contributed by atoms with van der Waals surface area (Å²) < 4.78 is 7.08. The predicted octanol–water partition coefficient (Wildman–Crippen LogP) is 4.25. The van der Waals surface area contributed by atoms with Crippen molar-refractivity contribution in [3.8, 4) is 0 Å². The van der Waals surface area contributed by atoms with Crippen molar-refractivity contribution >= 4 is 29.3 Å². The Bertz CT molecular complexity index is 1080. The molecule has 0 aliphatic rings. The van der Waals surface area contributed by atoms with Crippen LogP contribution in [-0.2, 0) is 16.1 Å². The largest absolute Gasteiger partial charge is 0.462 e. The number of ether oxygens (including phenoxy) is 1. The molecule has 1 amide bonds. The second-order valence-electron chi connectivity index (χ2n) is 7.93. The van der Waals surface area contributed by atoms with Crippen LogP contribution in [0, 0.1) is 0 Å². The summed E-state index contributed by atoms with van der Waals surface area (Å²) in [6.07, 6.45) is 0.896. The third kappa shape index (κ3) is 6.68. The fourth-order valence-corrected chi connectivity index (χ4v) is 4.32. The molecule has 0 aliphatic carbocycles. The van der Waals surface area contributed by atoms with Gasteiger partial charge in [-0.3, -0.25) is 9.69 Å². The van der Waals surface area contributed by atoms with E-state index >= 15 is 0 Å². The summed E-state index contributed by atoms with van der Waals surface area (Å²) in [5, 5.41) is 12.5. The van der Waals surface area contributed by atoms with E-state index < -0.39 is 0 Å². The van der Waals surface area contributed by atoms with Gasteiger partial charge in [-0.05, 0) is 57.3 Å². The molecule has 1 aromatic heterocycles. The Kier molecular flexibility index (Phi) is 9.24. The summed E-state index contributed by atoms with van der Waals surface area (Å²) in [4.78, 5) is 26.5.